The maximum absolute atomic E-state index is 11.6. The summed E-state index contributed by atoms with van der Waals surface area (Å²) < 4.78 is 5.13. The normalized spacial score (nSPS) is 25.0. The molecule has 0 saturated carbocycles. The van der Waals surface area contributed by atoms with Crippen LogP contribution in [0, 0.1) is 5.41 Å². The second kappa shape index (κ2) is 8.31. The van der Waals surface area contributed by atoms with Crippen molar-refractivity contribution < 1.29 is 19.7 Å². The fourth-order valence-corrected chi connectivity index (χ4v) is 3.35. The van der Waals surface area contributed by atoms with Crippen molar-refractivity contribution >= 4 is 12.0 Å². The Morgan fingerprint density at radius 1 is 1.42 bits per heavy atom. The SMILES string of the molecule is CCC[C@]1(C(=O)O)CCN(CC=Cc2ccc(OC)cc2)C[C@@H]1O. The van der Waals surface area contributed by atoms with E-state index in [0.717, 1.165) is 17.7 Å². The number of carboxylic acid groups (broad SMARTS) is 1. The standard InChI is InChI=1S/C19H27NO4/c1-3-10-19(18(22)23)11-13-20(14-17(19)21)12-4-5-15-6-8-16(24-2)9-7-15/h4-9,17,21H,3,10-14H2,1-2H3,(H,22,23)/t17-,19-/m0/s1. The number of carboxylic acids is 1. The third kappa shape index (κ3) is 4.16. The number of piperidine rings is 1. The molecule has 0 aromatic heterocycles. The number of ether oxygens (including phenoxy) is 1. The molecule has 0 amide bonds. The quantitative estimate of drug-likeness (QED) is 0.803. The summed E-state index contributed by atoms with van der Waals surface area (Å²) in [4.78, 5) is 13.7. The van der Waals surface area contributed by atoms with Crippen molar-refractivity contribution in [2.45, 2.75) is 32.3 Å². The Morgan fingerprint density at radius 2 is 2.12 bits per heavy atom. The van der Waals surface area contributed by atoms with E-state index >= 15 is 0 Å². The van der Waals surface area contributed by atoms with Crippen molar-refractivity contribution in [2.24, 2.45) is 5.41 Å². The van der Waals surface area contributed by atoms with Gasteiger partial charge in [0, 0.05) is 13.1 Å². The van der Waals surface area contributed by atoms with Crippen molar-refractivity contribution in [2.75, 3.05) is 26.7 Å². The number of aliphatic hydroxyl groups is 1. The number of β-amino-alcohol motifs (C(OH)–C–C–N with tert-alkyl or cyclic N) is 1. The highest BCUT2D eigenvalue weighted by Gasteiger charge is 2.47. The van der Waals surface area contributed by atoms with Gasteiger partial charge in [0.1, 0.15) is 5.75 Å². The maximum Gasteiger partial charge on any atom is 0.312 e. The molecule has 1 fully saturated rings. The number of aliphatic hydroxyl groups excluding tert-OH is 1. The van der Waals surface area contributed by atoms with Gasteiger partial charge in [-0.2, -0.15) is 0 Å². The molecule has 2 N–H and O–H groups in total. The minimum Gasteiger partial charge on any atom is -0.497 e. The number of hydrogen-bond acceptors (Lipinski definition) is 4. The van der Waals surface area contributed by atoms with Crippen molar-refractivity contribution in [3.8, 4) is 5.75 Å². The van der Waals surface area contributed by atoms with E-state index in [0.29, 0.717) is 32.5 Å². The van der Waals surface area contributed by atoms with Crippen molar-refractivity contribution in [1.82, 2.24) is 4.90 Å². The Hall–Kier alpha value is -1.85. The highest BCUT2D eigenvalue weighted by Crippen LogP contribution is 2.36. The Labute approximate surface area is 143 Å². The second-order valence-corrected chi connectivity index (χ2v) is 6.41. The molecule has 0 unspecified atom stereocenters. The van der Waals surface area contributed by atoms with E-state index in [9.17, 15) is 15.0 Å². The average Bonchev–Trinajstić information content (AvgIpc) is 2.58. The van der Waals surface area contributed by atoms with E-state index < -0.39 is 17.5 Å². The van der Waals surface area contributed by atoms with Crippen LogP contribution < -0.4 is 4.74 Å². The molecule has 1 aromatic carbocycles. The van der Waals surface area contributed by atoms with Gasteiger partial charge in [-0.3, -0.25) is 9.69 Å². The van der Waals surface area contributed by atoms with Gasteiger partial charge < -0.3 is 14.9 Å². The lowest BCUT2D eigenvalue weighted by molar-refractivity contribution is -0.163. The van der Waals surface area contributed by atoms with E-state index in [1.165, 1.54) is 0 Å². The Balaban J connectivity index is 1.91. The molecule has 24 heavy (non-hydrogen) atoms. The molecule has 0 radical (unpaired) electrons. The van der Waals surface area contributed by atoms with Crippen LogP contribution in [0.4, 0.5) is 0 Å². The van der Waals surface area contributed by atoms with Gasteiger partial charge in [-0.25, -0.2) is 0 Å². The lowest BCUT2D eigenvalue weighted by Gasteiger charge is -2.42. The molecule has 2 atom stereocenters. The molecular weight excluding hydrogens is 306 g/mol. The lowest BCUT2D eigenvalue weighted by atomic mass is 9.73. The van der Waals surface area contributed by atoms with Gasteiger partial charge in [0.15, 0.2) is 0 Å². The van der Waals surface area contributed by atoms with Gasteiger partial charge in [0.25, 0.3) is 0 Å². The fraction of sp³-hybridized carbons (Fsp3) is 0.526. The first-order valence-corrected chi connectivity index (χ1v) is 8.46. The zero-order valence-electron chi connectivity index (χ0n) is 14.4. The van der Waals surface area contributed by atoms with Crippen molar-refractivity contribution in [1.29, 1.82) is 0 Å². The molecular formula is C19H27NO4. The number of benzene rings is 1. The molecule has 0 bridgehead atoms. The van der Waals surface area contributed by atoms with E-state index in [2.05, 4.69) is 4.90 Å². The predicted molar refractivity (Wildman–Crippen MR) is 94.1 cm³/mol. The summed E-state index contributed by atoms with van der Waals surface area (Å²) in [6, 6.07) is 7.79. The van der Waals surface area contributed by atoms with Crippen LogP contribution in [0.5, 0.6) is 5.75 Å². The van der Waals surface area contributed by atoms with Crippen LogP contribution in [0.15, 0.2) is 30.3 Å². The third-order valence-electron chi connectivity index (χ3n) is 4.85. The lowest BCUT2D eigenvalue weighted by Crippen LogP contribution is -2.54. The van der Waals surface area contributed by atoms with E-state index in [4.69, 9.17) is 4.74 Å². The molecule has 1 aliphatic rings. The minimum absolute atomic E-state index is 0.402. The summed E-state index contributed by atoms with van der Waals surface area (Å²) in [5.74, 6) is -0.0440. The monoisotopic (exact) mass is 333 g/mol. The highest BCUT2D eigenvalue weighted by atomic mass is 16.5. The topological polar surface area (TPSA) is 70.0 Å². The number of nitrogens with zero attached hydrogens (tertiary/aromatic N) is 1. The van der Waals surface area contributed by atoms with Crippen molar-refractivity contribution in [3.05, 3.63) is 35.9 Å². The maximum atomic E-state index is 11.6. The van der Waals surface area contributed by atoms with Crippen LogP contribution in [0.3, 0.4) is 0 Å². The number of methoxy groups -OCH3 is 1. The van der Waals surface area contributed by atoms with E-state index in [1.54, 1.807) is 7.11 Å². The van der Waals surface area contributed by atoms with Gasteiger partial charge in [0.05, 0.1) is 18.6 Å². The highest BCUT2D eigenvalue weighted by molar-refractivity contribution is 5.75. The second-order valence-electron chi connectivity index (χ2n) is 6.41. The molecule has 1 aliphatic heterocycles. The van der Waals surface area contributed by atoms with Crippen LogP contribution in [0.25, 0.3) is 6.08 Å². The molecule has 0 aliphatic carbocycles. The molecule has 1 saturated heterocycles. The predicted octanol–water partition coefficient (Wildman–Crippen LogP) is 2.65. The first-order chi connectivity index (χ1) is 11.5. The number of aliphatic carboxylic acids is 1. The minimum atomic E-state index is -0.981. The van der Waals surface area contributed by atoms with Gasteiger partial charge in [0.2, 0.25) is 0 Å². The number of likely N-dealkylation sites (tertiary alicyclic amines) is 1. The summed E-state index contributed by atoms with van der Waals surface area (Å²) in [7, 11) is 1.64. The summed E-state index contributed by atoms with van der Waals surface area (Å²) in [6.45, 7) is 3.75. The van der Waals surface area contributed by atoms with E-state index in [-0.39, 0.29) is 0 Å². The Morgan fingerprint density at radius 3 is 2.67 bits per heavy atom. The van der Waals surface area contributed by atoms with Gasteiger partial charge >= 0.3 is 5.97 Å². The van der Waals surface area contributed by atoms with Crippen LogP contribution in [-0.2, 0) is 4.79 Å². The number of hydrogen-bond donors (Lipinski definition) is 2. The van der Waals surface area contributed by atoms with Crippen LogP contribution in [0.1, 0.15) is 31.7 Å². The van der Waals surface area contributed by atoms with Crippen LogP contribution in [-0.4, -0.2) is 53.9 Å². The van der Waals surface area contributed by atoms with E-state index in [1.807, 2.05) is 43.3 Å². The summed E-state index contributed by atoms with van der Waals surface area (Å²) in [5.41, 5.74) is 0.101. The van der Waals surface area contributed by atoms with Crippen LogP contribution >= 0.6 is 0 Å². The average molecular weight is 333 g/mol. The molecule has 132 valence electrons. The number of rotatable bonds is 7. The molecule has 1 heterocycles. The summed E-state index contributed by atoms with van der Waals surface area (Å²) in [5, 5.41) is 19.9. The van der Waals surface area contributed by atoms with Gasteiger partial charge in [-0.05, 0) is 37.1 Å². The van der Waals surface area contributed by atoms with Gasteiger partial charge in [-0.1, -0.05) is 37.6 Å². The number of carbonyl (C=O) groups is 1. The first-order valence-electron chi connectivity index (χ1n) is 8.46. The Bertz CT molecular complexity index is 569. The fourth-order valence-electron chi connectivity index (χ4n) is 3.35. The summed E-state index contributed by atoms with van der Waals surface area (Å²) in [6.07, 6.45) is 5.03. The molecule has 0 spiro atoms. The molecule has 5 nitrogen and oxygen atoms in total. The van der Waals surface area contributed by atoms with Crippen molar-refractivity contribution in [3.63, 3.8) is 0 Å². The molecule has 5 heteroatoms. The zero-order chi connectivity index (χ0) is 17.6. The molecule has 1 aromatic rings. The molecule has 2 rings (SSSR count). The third-order valence-corrected chi connectivity index (χ3v) is 4.85. The Kier molecular flexibility index (Phi) is 6.40. The smallest absolute Gasteiger partial charge is 0.312 e. The van der Waals surface area contributed by atoms with Gasteiger partial charge in [-0.15, -0.1) is 0 Å². The zero-order valence-corrected chi connectivity index (χ0v) is 14.4. The van der Waals surface area contributed by atoms with Crippen LogP contribution in [0.2, 0.25) is 0 Å². The largest absolute Gasteiger partial charge is 0.497 e. The summed E-state index contributed by atoms with van der Waals surface area (Å²) >= 11 is 0. The first kappa shape index (κ1) is 18.5.